The van der Waals surface area contributed by atoms with Crippen LogP contribution >= 0.6 is 0 Å². The molecule has 1 rings (SSSR count). The van der Waals surface area contributed by atoms with Gasteiger partial charge in [0.25, 0.3) is 0 Å². The van der Waals surface area contributed by atoms with Gasteiger partial charge in [0, 0.05) is 25.6 Å². The first-order valence-electron chi connectivity index (χ1n) is 6.05. The van der Waals surface area contributed by atoms with Crippen LogP contribution in [0.25, 0.3) is 0 Å². The Morgan fingerprint density at radius 3 is 2.75 bits per heavy atom. The molecule has 1 fully saturated rings. The first-order chi connectivity index (χ1) is 7.45. The third kappa shape index (κ3) is 3.76. The normalized spacial score (nSPS) is 22.6. The van der Waals surface area contributed by atoms with Gasteiger partial charge < -0.3 is 15.4 Å². The molecule has 1 heterocycles. The Kier molecular flexibility index (Phi) is 4.74. The fourth-order valence-corrected chi connectivity index (χ4v) is 2.07. The smallest absolute Gasteiger partial charge is 0.0963 e. The lowest BCUT2D eigenvalue weighted by Crippen LogP contribution is -2.32. The highest BCUT2D eigenvalue weighted by atomic mass is 16.5. The Morgan fingerprint density at radius 2 is 2.25 bits per heavy atom. The molecule has 1 aliphatic heterocycles. The fraction of sp³-hybridized carbons (Fsp3) is 0.917. The maximum atomic E-state index is 7.49. The first-order valence-corrected chi connectivity index (χ1v) is 6.05. The minimum atomic E-state index is -0.152. The largest absolute Gasteiger partial charge is 0.387 e. The second-order valence-electron chi connectivity index (χ2n) is 5.35. The highest BCUT2D eigenvalue weighted by Crippen LogP contribution is 2.22. The Bertz CT molecular complexity index is 240. The topological polar surface area (TPSA) is 62.3 Å². The summed E-state index contributed by atoms with van der Waals surface area (Å²) in [5.41, 5.74) is 5.41. The summed E-state index contributed by atoms with van der Waals surface area (Å²) in [5, 5.41) is 7.49. The summed E-state index contributed by atoms with van der Waals surface area (Å²) >= 11 is 0. The number of hydrogen-bond acceptors (Lipinski definition) is 3. The number of nitrogens with one attached hydrogen (secondary N) is 1. The number of likely N-dealkylation sites (tertiary alicyclic amines) is 1. The number of ether oxygens (including phenoxy) is 1. The van der Waals surface area contributed by atoms with E-state index in [9.17, 15) is 0 Å². The Balaban J connectivity index is 2.19. The van der Waals surface area contributed by atoms with Crippen LogP contribution in [0.3, 0.4) is 0 Å². The maximum absolute atomic E-state index is 7.49. The van der Waals surface area contributed by atoms with Gasteiger partial charge in [-0.15, -0.1) is 0 Å². The van der Waals surface area contributed by atoms with Crippen LogP contribution in [0.4, 0.5) is 0 Å². The average molecular weight is 227 g/mol. The molecule has 3 N–H and O–H groups in total. The van der Waals surface area contributed by atoms with E-state index in [1.54, 1.807) is 7.11 Å². The van der Waals surface area contributed by atoms with Gasteiger partial charge in [-0.2, -0.15) is 0 Å². The van der Waals surface area contributed by atoms with Crippen molar-refractivity contribution < 1.29 is 4.74 Å². The molecule has 1 unspecified atom stereocenters. The average Bonchev–Trinajstić information content (AvgIpc) is 2.65. The van der Waals surface area contributed by atoms with Gasteiger partial charge in [-0.3, -0.25) is 5.41 Å². The summed E-state index contributed by atoms with van der Waals surface area (Å²) in [7, 11) is 1.78. The van der Waals surface area contributed by atoms with Crippen LogP contribution in [0.15, 0.2) is 0 Å². The highest BCUT2D eigenvalue weighted by Gasteiger charge is 2.24. The van der Waals surface area contributed by atoms with E-state index in [1.807, 2.05) is 13.8 Å². The number of amidine groups is 1. The van der Waals surface area contributed by atoms with Crippen LogP contribution in [0.1, 0.15) is 33.1 Å². The minimum absolute atomic E-state index is 0.152. The lowest BCUT2D eigenvalue weighted by molar-refractivity contribution is 0.107. The van der Waals surface area contributed by atoms with Gasteiger partial charge in [0.1, 0.15) is 0 Å². The summed E-state index contributed by atoms with van der Waals surface area (Å²) in [6.45, 7) is 7.36. The second-order valence-corrected chi connectivity index (χ2v) is 5.35. The van der Waals surface area contributed by atoms with Gasteiger partial charge >= 0.3 is 0 Å². The zero-order chi connectivity index (χ0) is 12.2. The molecule has 1 saturated heterocycles. The summed E-state index contributed by atoms with van der Waals surface area (Å²) < 4.78 is 5.33. The van der Waals surface area contributed by atoms with Crippen molar-refractivity contribution in [1.82, 2.24) is 4.90 Å². The second kappa shape index (κ2) is 5.64. The van der Waals surface area contributed by atoms with Crippen LogP contribution in [0.2, 0.25) is 0 Å². The molecule has 0 spiro atoms. The van der Waals surface area contributed by atoms with Gasteiger partial charge in [0.05, 0.1) is 11.9 Å². The molecule has 4 heteroatoms. The lowest BCUT2D eigenvalue weighted by atomic mass is 9.86. The van der Waals surface area contributed by atoms with Crippen molar-refractivity contribution in [2.45, 2.75) is 39.2 Å². The van der Waals surface area contributed by atoms with E-state index in [4.69, 9.17) is 15.9 Å². The predicted molar refractivity (Wildman–Crippen MR) is 66.8 cm³/mol. The van der Waals surface area contributed by atoms with Crippen molar-refractivity contribution in [3.8, 4) is 0 Å². The molecule has 16 heavy (non-hydrogen) atoms. The van der Waals surface area contributed by atoms with E-state index in [0.717, 1.165) is 38.9 Å². The lowest BCUT2D eigenvalue weighted by Gasteiger charge is -2.24. The van der Waals surface area contributed by atoms with Crippen LogP contribution in [0, 0.1) is 10.8 Å². The van der Waals surface area contributed by atoms with E-state index >= 15 is 0 Å². The number of methoxy groups -OCH3 is 1. The van der Waals surface area contributed by atoms with E-state index in [1.165, 1.54) is 0 Å². The van der Waals surface area contributed by atoms with E-state index in [2.05, 4.69) is 4.90 Å². The molecule has 0 aromatic rings. The third-order valence-corrected chi connectivity index (χ3v) is 3.57. The molecule has 0 bridgehead atoms. The molecular formula is C12H25N3O. The molecular weight excluding hydrogens is 202 g/mol. The van der Waals surface area contributed by atoms with Gasteiger partial charge in [0.2, 0.25) is 0 Å². The van der Waals surface area contributed by atoms with Gasteiger partial charge in [0.15, 0.2) is 0 Å². The third-order valence-electron chi connectivity index (χ3n) is 3.57. The van der Waals surface area contributed by atoms with Crippen LogP contribution in [-0.2, 0) is 4.74 Å². The zero-order valence-corrected chi connectivity index (χ0v) is 10.8. The van der Waals surface area contributed by atoms with Crippen molar-refractivity contribution >= 4 is 5.84 Å². The molecule has 0 aromatic heterocycles. The predicted octanol–water partition coefficient (Wildman–Crippen LogP) is 1.45. The molecule has 0 aromatic carbocycles. The number of nitrogens with zero attached hydrogens (tertiary/aromatic N) is 1. The summed E-state index contributed by atoms with van der Waals surface area (Å²) in [6, 6.07) is 0. The van der Waals surface area contributed by atoms with E-state index < -0.39 is 0 Å². The van der Waals surface area contributed by atoms with Crippen molar-refractivity contribution in [3.63, 3.8) is 0 Å². The standard InChI is InChI=1S/C12H25N3O/c1-12(2,11(13)14)6-4-7-15-8-5-10(9-15)16-3/h10H,4-9H2,1-3H3,(H3,13,14). The summed E-state index contributed by atoms with van der Waals surface area (Å²) in [4.78, 5) is 2.43. The van der Waals surface area contributed by atoms with E-state index in [0.29, 0.717) is 11.9 Å². The van der Waals surface area contributed by atoms with Crippen molar-refractivity contribution in [2.75, 3.05) is 26.7 Å². The molecule has 0 radical (unpaired) electrons. The number of hydrogen-bond donors (Lipinski definition) is 2. The van der Waals surface area contributed by atoms with Crippen molar-refractivity contribution in [2.24, 2.45) is 11.1 Å². The summed E-state index contributed by atoms with van der Waals surface area (Å²) in [6.07, 6.45) is 3.65. The fourth-order valence-electron chi connectivity index (χ4n) is 2.07. The zero-order valence-electron chi connectivity index (χ0n) is 10.8. The molecule has 0 amide bonds. The summed E-state index contributed by atoms with van der Waals surface area (Å²) in [5.74, 6) is 0.295. The maximum Gasteiger partial charge on any atom is 0.0963 e. The van der Waals surface area contributed by atoms with Gasteiger partial charge in [-0.05, 0) is 25.8 Å². The van der Waals surface area contributed by atoms with Gasteiger partial charge in [-0.1, -0.05) is 13.8 Å². The van der Waals surface area contributed by atoms with Crippen LogP contribution < -0.4 is 5.73 Å². The van der Waals surface area contributed by atoms with E-state index in [-0.39, 0.29) is 5.41 Å². The molecule has 4 nitrogen and oxygen atoms in total. The first kappa shape index (κ1) is 13.5. The molecule has 0 saturated carbocycles. The highest BCUT2D eigenvalue weighted by molar-refractivity contribution is 5.82. The number of rotatable bonds is 6. The number of nitrogens with two attached hydrogens (primary N) is 1. The van der Waals surface area contributed by atoms with Gasteiger partial charge in [-0.25, -0.2) is 0 Å². The Labute approximate surface area is 98.6 Å². The van der Waals surface area contributed by atoms with Crippen LogP contribution in [0.5, 0.6) is 0 Å². The molecule has 0 aliphatic carbocycles. The van der Waals surface area contributed by atoms with Crippen LogP contribution in [-0.4, -0.2) is 43.6 Å². The SMILES string of the molecule is COC1CCN(CCCC(C)(C)C(=N)N)C1. The monoisotopic (exact) mass is 227 g/mol. The molecule has 1 aliphatic rings. The van der Waals surface area contributed by atoms with Crippen molar-refractivity contribution in [3.05, 3.63) is 0 Å². The minimum Gasteiger partial charge on any atom is -0.387 e. The Hall–Kier alpha value is -0.610. The molecule has 1 atom stereocenters. The quantitative estimate of drug-likeness (QED) is 0.533. The molecule has 94 valence electrons. The van der Waals surface area contributed by atoms with Crippen molar-refractivity contribution in [1.29, 1.82) is 5.41 Å². The Morgan fingerprint density at radius 1 is 1.56 bits per heavy atom.